The van der Waals surface area contributed by atoms with Crippen molar-refractivity contribution in [1.82, 2.24) is 15.0 Å². The zero-order chi connectivity index (χ0) is 10.7. The molecule has 2 aromatic heterocycles. The Bertz CT molecular complexity index is 451. The minimum absolute atomic E-state index is 0.242. The Labute approximate surface area is 90.5 Å². The summed E-state index contributed by atoms with van der Waals surface area (Å²) in [5, 5.41) is 3.09. The summed E-state index contributed by atoms with van der Waals surface area (Å²) in [6.45, 7) is 0. The number of rotatable bonds is 2. The summed E-state index contributed by atoms with van der Waals surface area (Å²) in [6.07, 6.45) is 4.54. The quantitative estimate of drug-likeness (QED) is 0.813. The summed E-state index contributed by atoms with van der Waals surface area (Å²) >= 11 is 5.65. The molecule has 1 amide bonds. The SMILES string of the molecule is O=C(Nc1ccc(Cl)cn1)c1ncc[nH]1. The highest BCUT2D eigenvalue weighted by atomic mass is 35.5. The summed E-state index contributed by atoms with van der Waals surface area (Å²) in [6, 6.07) is 3.26. The zero-order valence-electron chi connectivity index (χ0n) is 7.57. The molecule has 15 heavy (non-hydrogen) atoms. The molecule has 0 unspecified atom stereocenters. The molecule has 0 radical (unpaired) electrons. The van der Waals surface area contributed by atoms with Crippen LogP contribution in [0.3, 0.4) is 0 Å². The number of H-pyrrole nitrogens is 1. The van der Waals surface area contributed by atoms with Gasteiger partial charge in [-0.25, -0.2) is 9.97 Å². The lowest BCUT2D eigenvalue weighted by molar-refractivity contribution is 0.101. The number of imidazole rings is 1. The summed E-state index contributed by atoms with van der Waals surface area (Å²) < 4.78 is 0. The van der Waals surface area contributed by atoms with E-state index >= 15 is 0 Å². The molecule has 0 spiro atoms. The predicted molar refractivity (Wildman–Crippen MR) is 55.8 cm³/mol. The van der Waals surface area contributed by atoms with Gasteiger partial charge in [-0.15, -0.1) is 0 Å². The monoisotopic (exact) mass is 222 g/mol. The van der Waals surface area contributed by atoms with Crippen molar-refractivity contribution in [1.29, 1.82) is 0 Å². The van der Waals surface area contributed by atoms with E-state index in [9.17, 15) is 4.79 Å². The molecule has 0 aliphatic heterocycles. The van der Waals surface area contributed by atoms with Crippen LogP contribution in [-0.2, 0) is 0 Å². The molecule has 5 nitrogen and oxygen atoms in total. The number of pyridine rings is 1. The van der Waals surface area contributed by atoms with Crippen LogP contribution in [0, 0.1) is 0 Å². The highest BCUT2D eigenvalue weighted by Crippen LogP contribution is 2.09. The van der Waals surface area contributed by atoms with Crippen LogP contribution in [0.2, 0.25) is 5.02 Å². The van der Waals surface area contributed by atoms with Crippen LogP contribution in [0.15, 0.2) is 30.7 Å². The van der Waals surface area contributed by atoms with Gasteiger partial charge in [-0.3, -0.25) is 4.79 Å². The molecule has 0 atom stereocenters. The van der Waals surface area contributed by atoms with E-state index in [0.717, 1.165) is 0 Å². The van der Waals surface area contributed by atoms with Crippen LogP contribution in [0.1, 0.15) is 10.6 Å². The molecule has 2 N–H and O–H groups in total. The third-order valence-corrected chi connectivity index (χ3v) is 1.91. The van der Waals surface area contributed by atoms with Crippen molar-refractivity contribution in [3.05, 3.63) is 41.6 Å². The van der Waals surface area contributed by atoms with Gasteiger partial charge in [0.05, 0.1) is 5.02 Å². The van der Waals surface area contributed by atoms with E-state index in [-0.39, 0.29) is 11.7 Å². The molecule has 76 valence electrons. The second-order valence-electron chi connectivity index (χ2n) is 2.75. The van der Waals surface area contributed by atoms with Gasteiger partial charge >= 0.3 is 0 Å². The van der Waals surface area contributed by atoms with Crippen LogP contribution in [0.4, 0.5) is 5.82 Å². The number of anilines is 1. The molecule has 2 aromatic rings. The molecule has 0 aromatic carbocycles. The van der Waals surface area contributed by atoms with E-state index in [1.165, 1.54) is 12.4 Å². The van der Waals surface area contributed by atoms with E-state index in [1.807, 2.05) is 0 Å². The van der Waals surface area contributed by atoms with Gasteiger partial charge < -0.3 is 10.3 Å². The van der Waals surface area contributed by atoms with E-state index < -0.39 is 0 Å². The maximum Gasteiger partial charge on any atom is 0.292 e. The van der Waals surface area contributed by atoms with E-state index in [4.69, 9.17) is 11.6 Å². The fraction of sp³-hybridized carbons (Fsp3) is 0. The van der Waals surface area contributed by atoms with Crippen LogP contribution in [-0.4, -0.2) is 20.9 Å². The largest absolute Gasteiger partial charge is 0.341 e. The first-order chi connectivity index (χ1) is 7.25. The summed E-state index contributed by atoms with van der Waals surface area (Å²) in [4.78, 5) is 21.9. The normalized spacial score (nSPS) is 9.93. The molecule has 0 aliphatic rings. The molecular weight excluding hydrogens is 216 g/mol. The van der Waals surface area contributed by atoms with Crippen molar-refractivity contribution in [3.8, 4) is 0 Å². The fourth-order valence-electron chi connectivity index (χ4n) is 1.01. The van der Waals surface area contributed by atoms with Gasteiger partial charge in [-0.05, 0) is 12.1 Å². The van der Waals surface area contributed by atoms with Crippen LogP contribution < -0.4 is 5.32 Å². The second-order valence-corrected chi connectivity index (χ2v) is 3.19. The predicted octanol–water partition coefficient (Wildman–Crippen LogP) is 1.71. The van der Waals surface area contributed by atoms with Gasteiger partial charge in [-0.1, -0.05) is 11.6 Å². The lowest BCUT2D eigenvalue weighted by Gasteiger charge is -2.01. The van der Waals surface area contributed by atoms with Gasteiger partial charge in [0.25, 0.3) is 5.91 Å². The van der Waals surface area contributed by atoms with E-state index in [1.54, 1.807) is 18.3 Å². The van der Waals surface area contributed by atoms with Crippen molar-refractivity contribution >= 4 is 23.3 Å². The Morgan fingerprint density at radius 2 is 2.27 bits per heavy atom. The maximum absolute atomic E-state index is 11.5. The second kappa shape index (κ2) is 4.10. The van der Waals surface area contributed by atoms with E-state index in [0.29, 0.717) is 10.8 Å². The first-order valence-corrected chi connectivity index (χ1v) is 4.56. The molecule has 0 bridgehead atoms. The summed E-state index contributed by atoms with van der Waals surface area (Å²) in [5.74, 6) is 0.336. The minimum Gasteiger partial charge on any atom is -0.341 e. The third-order valence-electron chi connectivity index (χ3n) is 1.68. The number of aromatic nitrogens is 3. The molecule has 0 fully saturated rings. The van der Waals surface area contributed by atoms with Gasteiger partial charge in [0, 0.05) is 18.6 Å². The Kier molecular flexibility index (Phi) is 2.64. The van der Waals surface area contributed by atoms with Gasteiger partial charge in [0.15, 0.2) is 5.82 Å². The first-order valence-electron chi connectivity index (χ1n) is 4.18. The lowest BCUT2D eigenvalue weighted by atomic mass is 10.4. The fourth-order valence-corrected chi connectivity index (χ4v) is 1.13. The zero-order valence-corrected chi connectivity index (χ0v) is 8.32. The van der Waals surface area contributed by atoms with Crippen molar-refractivity contribution in [3.63, 3.8) is 0 Å². The molecule has 0 aliphatic carbocycles. The van der Waals surface area contributed by atoms with Crippen LogP contribution in [0.5, 0.6) is 0 Å². The first kappa shape index (κ1) is 9.67. The van der Waals surface area contributed by atoms with Crippen molar-refractivity contribution in [2.75, 3.05) is 5.32 Å². The van der Waals surface area contributed by atoms with E-state index in [2.05, 4.69) is 20.3 Å². The average Bonchev–Trinajstić information content (AvgIpc) is 2.74. The Balaban J connectivity index is 2.09. The lowest BCUT2D eigenvalue weighted by Crippen LogP contribution is -2.14. The van der Waals surface area contributed by atoms with Crippen LogP contribution >= 0.6 is 11.6 Å². The molecule has 2 heterocycles. The van der Waals surface area contributed by atoms with Crippen molar-refractivity contribution < 1.29 is 4.79 Å². The Morgan fingerprint density at radius 1 is 1.40 bits per heavy atom. The standard InChI is InChI=1S/C9H7ClN4O/c10-6-1-2-7(13-5-6)14-9(15)8-11-3-4-12-8/h1-5H,(H,11,12)(H,13,14,15). The molecule has 6 heteroatoms. The average molecular weight is 223 g/mol. The topological polar surface area (TPSA) is 70.7 Å². The maximum atomic E-state index is 11.5. The molecule has 0 saturated carbocycles. The number of aromatic amines is 1. The number of carbonyl (C=O) groups excluding carboxylic acids is 1. The molecule has 2 rings (SSSR count). The van der Waals surface area contributed by atoms with Gasteiger partial charge in [0.1, 0.15) is 5.82 Å². The number of amides is 1. The third kappa shape index (κ3) is 2.32. The minimum atomic E-state index is -0.338. The number of hydrogen-bond acceptors (Lipinski definition) is 3. The Morgan fingerprint density at radius 3 is 2.87 bits per heavy atom. The van der Waals surface area contributed by atoms with Crippen molar-refractivity contribution in [2.24, 2.45) is 0 Å². The Hall–Kier alpha value is -1.88. The number of halogens is 1. The number of carbonyl (C=O) groups is 1. The van der Waals surface area contributed by atoms with Gasteiger partial charge in [-0.2, -0.15) is 0 Å². The molecular formula is C9H7ClN4O. The smallest absolute Gasteiger partial charge is 0.292 e. The molecule has 0 saturated heterocycles. The van der Waals surface area contributed by atoms with Crippen LogP contribution in [0.25, 0.3) is 0 Å². The highest BCUT2D eigenvalue weighted by Gasteiger charge is 2.07. The number of nitrogens with zero attached hydrogens (tertiary/aromatic N) is 2. The van der Waals surface area contributed by atoms with Crippen molar-refractivity contribution in [2.45, 2.75) is 0 Å². The number of hydrogen-bond donors (Lipinski definition) is 2. The summed E-state index contributed by atoms with van der Waals surface area (Å²) in [7, 11) is 0. The summed E-state index contributed by atoms with van der Waals surface area (Å²) in [5.41, 5.74) is 0. The highest BCUT2D eigenvalue weighted by molar-refractivity contribution is 6.30. The van der Waals surface area contributed by atoms with Gasteiger partial charge in [0.2, 0.25) is 0 Å². The number of nitrogens with one attached hydrogen (secondary N) is 2.